The van der Waals surface area contributed by atoms with Crippen LogP contribution in [0.5, 0.6) is 11.5 Å². The number of methoxy groups -OCH3 is 2. The molecule has 0 amide bonds. The number of rotatable bonds is 6. The summed E-state index contributed by atoms with van der Waals surface area (Å²) in [6.07, 6.45) is 2.06. The summed E-state index contributed by atoms with van der Waals surface area (Å²) in [5, 5.41) is 0. The highest BCUT2D eigenvalue weighted by atomic mass is 16.5. The van der Waals surface area contributed by atoms with Crippen LogP contribution in [-0.2, 0) is 5.41 Å². The molecular formula is C19H24O2. The normalized spacial score (nSPS) is 11.2. The Labute approximate surface area is 127 Å². The minimum atomic E-state index is -0.0108. The first-order chi connectivity index (χ1) is 10.2. The van der Waals surface area contributed by atoms with Crippen LogP contribution in [0.2, 0.25) is 0 Å². The van der Waals surface area contributed by atoms with Crippen LogP contribution < -0.4 is 9.47 Å². The van der Waals surface area contributed by atoms with Crippen molar-refractivity contribution in [2.75, 3.05) is 14.2 Å². The summed E-state index contributed by atoms with van der Waals surface area (Å²) in [5.74, 6) is 1.81. The molecule has 2 heteroatoms. The third-order valence-corrected chi connectivity index (χ3v) is 4.45. The Bertz CT molecular complexity index is 536. The SMILES string of the molecule is CCC(CC)(c1cccc(OC)c1)c1cccc(OC)c1. The molecule has 2 aromatic rings. The Kier molecular flexibility index (Phi) is 4.89. The van der Waals surface area contributed by atoms with Gasteiger partial charge in [-0.25, -0.2) is 0 Å². The fourth-order valence-corrected chi connectivity index (χ4v) is 3.07. The van der Waals surface area contributed by atoms with Crippen LogP contribution in [0.4, 0.5) is 0 Å². The van der Waals surface area contributed by atoms with Gasteiger partial charge >= 0.3 is 0 Å². The van der Waals surface area contributed by atoms with Gasteiger partial charge in [-0.1, -0.05) is 38.1 Å². The highest BCUT2D eigenvalue weighted by Crippen LogP contribution is 2.40. The van der Waals surface area contributed by atoms with Gasteiger partial charge in [0.05, 0.1) is 14.2 Å². The van der Waals surface area contributed by atoms with Gasteiger partial charge in [0, 0.05) is 5.41 Å². The van der Waals surface area contributed by atoms with E-state index < -0.39 is 0 Å². The maximum Gasteiger partial charge on any atom is 0.119 e. The zero-order chi connectivity index (χ0) is 15.3. The first-order valence-corrected chi connectivity index (χ1v) is 7.49. The quantitative estimate of drug-likeness (QED) is 0.758. The highest BCUT2D eigenvalue weighted by Gasteiger charge is 2.31. The molecule has 0 saturated carbocycles. The second kappa shape index (κ2) is 6.66. The molecule has 0 aliphatic carbocycles. The summed E-state index contributed by atoms with van der Waals surface area (Å²) >= 11 is 0. The van der Waals surface area contributed by atoms with Gasteiger partial charge in [0.2, 0.25) is 0 Å². The molecule has 0 heterocycles. The molecule has 112 valence electrons. The Morgan fingerprint density at radius 3 is 1.52 bits per heavy atom. The minimum absolute atomic E-state index is 0.0108. The number of benzene rings is 2. The molecule has 0 saturated heterocycles. The van der Waals surface area contributed by atoms with Crippen molar-refractivity contribution in [2.24, 2.45) is 0 Å². The van der Waals surface area contributed by atoms with E-state index in [1.807, 2.05) is 12.1 Å². The Morgan fingerprint density at radius 1 is 0.762 bits per heavy atom. The lowest BCUT2D eigenvalue weighted by Gasteiger charge is -2.33. The molecule has 0 N–H and O–H groups in total. The van der Waals surface area contributed by atoms with Crippen LogP contribution in [0.25, 0.3) is 0 Å². The first kappa shape index (κ1) is 15.4. The molecule has 21 heavy (non-hydrogen) atoms. The lowest BCUT2D eigenvalue weighted by atomic mass is 9.70. The fourth-order valence-electron chi connectivity index (χ4n) is 3.07. The molecule has 0 bridgehead atoms. The van der Waals surface area contributed by atoms with E-state index in [0.717, 1.165) is 24.3 Å². The topological polar surface area (TPSA) is 18.5 Å². The summed E-state index contributed by atoms with van der Waals surface area (Å²) in [6, 6.07) is 16.8. The van der Waals surface area contributed by atoms with E-state index >= 15 is 0 Å². The fraction of sp³-hybridized carbons (Fsp3) is 0.368. The van der Waals surface area contributed by atoms with Gasteiger partial charge in [0.1, 0.15) is 11.5 Å². The largest absolute Gasteiger partial charge is 0.497 e. The van der Waals surface area contributed by atoms with Crippen LogP contribution in [0, 0.1) is 0 Å². The summed E-state index contributed by atoms with van der Waals surface area (Å²) in [4.78, 5) is 0. The predicted molar refractivity (Wildman–Crippen MR) is 87.4 cm³/mol. The van der Waals surface area contributed by atoms with E-state index in [9.17, 15) is 0 Å². The van der Waals surface area contributed by atoms with Gasteiger partial charge in [-0.05, 0) is 48.2 Å². The van der Waals surface area contributed by atoms with Crippen molar-refractivity contribution in [2.45, 2.75) is 32.1 Å². The molecule has 0 aromatic heterocycles. The smallest absolute Gasteiger partial charge is 0.119 e. The van der Waals surface area contributed by atoms with E-state index in [2.05, 4.69) is 50.2 Å². The third-order valence-electron chi connectivity index (χ3n) is 4.45. The zero-order valence-corrected chi connectivity index (χ0v) is 13.3. The molecule has 0 radical (unpaired) electrons. The lowest BCUT2D eigenvalue weighted by Crippen LogP contribution is -2.26. The average Bonchev–Trinajstić information content (AvgIpc) is 2.57. The minimum Gasteiger partial charge on any atom is -0.497 e. The van der Waals surface area contributed by atoms with Gasteiger partial charge < -0.3 is 9.47 Å². The molecule has 0 fully saturated rings. The third kappa shape index (κ3) is 2.90. The Balaban J connectivity index is 2.57. The lowest BCUT2D eigenvalue weighted by molar-refractivity contribution is 0.406. The van der Waals surface area contributed by atoms with Crippen LogP contribution in [0.3, 0.4) is 0 Å². The van der Waals surface area contributed by atoms with Crippen molar-refractivity contribution in [3.05, 3.63) is 59.7 Å². The molecule has 2 nitrogen and oxygen atoms in total. The number of hydrogen-bond acceptors (Lipinski definition) is 2. The molecule has 2 rings (SSSR count). The maximum atomic E-state index is 5.40. The van der Waals surface area contributed by atoms with Crippen LogP contribution >= 0.6 is 0 Å². The second-order valence-electron chi connectivity index (χ2n) is 5.25. The van der Waals surface area contributed by atoms with Crippen molar-refractivity contribution < 1.29 is 9.47 Å². The second-order valence-corrected chi connectivity index (χ2v) is 5.25. The van der Waals surface area contributed by atoms with Gasteiger partial charge in [-0.15, -0.1) is 0 Å². The van der Waals surface area contributed by atoms with Gasteiger partial charge in [-0.2, -0.15) is 0 Å². The van der Waals surface area contributed by atoms with Crippen LogP contribution in [-0.4, -0.2) is 14.2 Å². The predicted octanol–water partition coefficient (Wildman–Crippen LogP) is 4.81. The van der Waals surface area contributed by atoms with Gasteiger partial charge in [0.25, 0.3) is 0 Å². The van der Waals surface area contributed by atoms with Crippen molar-refractivity contribution in [1.29, 1.82) is 0 Å². The molecule has 0 unspecified atom stereocenters. The van der Waals surface area contributed by atoms with Crippen molar-refractivity contribution in [3.8, 4) is 11.5 Å². The van der Waals surface area contributed by atoms with E-state index in [0.29, 0.717) is 0 Å². The van der Waals surface area contributed by atoms with E-state index in [4.69, 9.17) is 9.47 Å². The average molecular weight is 284 g/mol. The van der Waals surface area contributed by atoms with Crippen LogP contribution in [0.1, 0.15) is 37.8 Å². The van der Waals surface area contributed by atoms with Gasteiger partial charge in [-0.3, -0.25) is 0 Å². The standard InChI is InChI=1S/C19H24O2/c1-5-19(6-2,15-9-7-11-17(13-15)20-3)16-10-8-12-18(14-16)21-4/h7-14H,5-6H2,1-4H3. The molecule has 2 aromatic carbocycles. The van der Waals surface area contributed by atoms with Crippen molar-refractivity contribution >= 4 is 0 Å². The zero-order valence-electron chi connectivity index (χ0n) is 13.3. The maximum absolute atomic E-state index is 5.40. The number of hydrogen-bond donors (Lipinski definition) is 0. The monoisotopic (exact) mass is 284 g/mol. The van der Waals surface area contributed by atoms with Crippen molar-refractivity contribution in [1.82, 2.24) is 0 Å². The van der Waals surface area contributed by atoms with E-state index in [1.165, 1.54) is 11.1 Å². The molecule has 0 aliphatic heterocycles. The highest BCUT2D eigenvalue weighted by molar-refractivity contribution is 5.44. The number of ether oxygens (including phenoxy) is 2. The molecule has 0 spiro atoms. The summed E-state index contributed by atoms with van der Waals surface area (Å²) < 4.78 is 10.8. The van der Waals surface area contributed by atoms with Gasteiger partial charge in [0.15, 0.2) is 0 Å². The molecule has 0 aliphatic rings. The first-order valence-electron chi connectivity index (χ1n) is 7.49. The van der Waals surface area contributed by atoms with Crippen molar-refractivity contribution in [3.63, 3.8) is 0 Å². The van der Waals surface area contributed by atoms with Crippen LogP contribution in [0.15, 0.2) is 48.5 Å². The molecular weight excluding hydrogens is 260 g/mol. The summed E-state index contributed by atoms with van der Waals surface area (Å²) in [7, 11) is 3.43. The summed E-state index contributed by atoms with van der Waals surface area (Å²) in [6.45, 7) is 4.48. The van der Waals surface area contributed by atoms with E-state index in [1.54, 1.807) is 14.2 Å². The van der Waals surface area contributed by atoms with E-state index in [-0.39, 0.29) is 5.41 Å². The Morgan fingerprint density at radius 2 is 1.19 bits per heavy atom. The Hall–Kier alpha value is -1.96. The summed E-state index contributed by atoms with van der Waals surface area (Å²) in [5.41, 5.74) is 2.57. The molecule has 0 atom stereocenters.